The number of aliphatic hydroxyl groups is 1. The maximum absolute atomic E-state index is 13.3. The molecule has 23 heteroatoms. The van der Waals surface area contributed by atoms with Crippen molar-refractivity contribution in [3.05, 3.63) is 11.3 Å². The highest BCUT2D eigenvalue weighted by Crippen LogP contribution is 2.47. The van der Waals surface area contributed by atoms with Crippen molar-refractivity contribution in [2.75, 3.05) is 30.9 Å². The summed E-state index contributed by atoms with van der Waals surface area (Å²) in [4.78, 5) is 63.9. The fraction of sp³-hybridized carbons (Fsp3) is 0.571. The molecule has 4 rings (SSSR count). The fourth-order valence-electron chi connectivity index (χ4n) is 4.65. The predicted molar refractivity (Wildman–Crippen MR) is 156 cm³/mol. The zero-order valence-electron chi connectivity index (χ0n) is 23.2. The van der Waals surface area contributed by atoms with Crippen LogP contribution >= 0.6 is 35.7 Å². The highest BCUT2D eigenvalue weighted by Gasteiger charge is 2.60. The van der Waals surface area contributed by atoms with Crippen molar-refractivity contribution in [2.24, 2.45) is 0 Å². The van der Waals surface area contributed by atoms with Gasteiger partial charge in [0, 0.05) is 11.5 Å². The normalized spacial score (nSPS) is 23.2. The summed E-state index contributed by atoms with van der Waals surface area (Å²) in [5.41, 5.74) is -0.938. The molecule has 0 bridgehead atoms. The third-order valence-corrected chi connectivity index (χ3v) is 11.1. The number of imide groups is 1. The third-order valence-electron chi connectivity index (χ3n) is 6.79. The number of hydrogen-bond donors (Lipinski definition) is 5. The van der Waals surface area contributed by atoms with Gasteiger partial charge in [-0.15, -0.1) is 16.9 Å². The number of thioether (sulfide) groups is 2. The first kappa shape index (κ1) is 33.4. The van der Waals surface area contributed by atoms with Gasteiger partial charge in [0.2, 0.25) is 21.1 Å². The Balaban J connectivity index is 1.46. The van der Waals surface area contributed by atoms with Crippen LogP contribution in [0, 0.1) is 0 Å². The smallest absolute Gasteiger partial charge is 0.352 e. The second-order valence-corrected chi connectivity index (χ2v) is 14.3. The Hall–Kier alpha value is -3.54. The molecule has 19 nitrogen and oxygen atoms in total. The van der Waals surface area contributed by atoms with E-state index in [0.717, 1.165) is 22.7 Å². The lowest BCUT2D eigenvalue weighted by Crippen LogP contribution is -2.79. The maximum Gasteiger partial charge on any atom is 0.352 e. The molecule has 1 aromatic rings. The van der Waals surface area contributed by atoms with Crippen LogP contribution in [0.25, 0.3) is 0 Å². The third kappa shape index (κ3) is 6.31. The number of sulfonamides is 1. The molecule has 2 fully saturated rings. The van der Waals surface area contributed by atoms with Crippen LogP contribution < -0.4 is 10.6 Å². The molecule has 0 aromatic carbocycles. The molecule has 2 saturated heterocycles. The molecule has 4 atom stereocenters. The molecular weight excluding hydrogens is 667 g/mol. The van der Waals surface area contributed by atoms with Crippen molar-refractivity contribution in [2.45, 2.75) is 48.6 Å². The summed E-state index contributed by atoms with van der Waals surface area (Å²) in [5.74, 6) is -3.01. The number of aliphatic hydroxyl groups excluding tert-OH is 1. The lowest BCUT2D eigenvalue weighted by molar-refractivity contribution is -0.138. The zero-order valence-corrected chi connectivity index (χ0v) is 26.5. The van der Waals surface area contributed by atoms with E-state index < -0.39 is 69.5 Å². The second kappa shape index (κ2) is 12.5. The number of carbonyl (C=O) groups excluding carboxylic acids is 3. The number of aromatic nitrogens is 4. The van der Waals surface area contributed by atoms with E-state index in [1.165, 1.54) is 23.6 Å². The number of rotatable bonds is 11. The van der Waals surface area contributed by atoms with Crippen molar-refractivity contribution in [3.63, 3.8) is 0 Å². The number of carbonyl (C=O) groups is 5. The van der Waals surface area contributed by atoms with Crippen LogP contribution in [-0.2, 0) is 31.0 Å². The number of urea groups is 2. The highest BCUT2D eigenvalue weighted by atomic mass is 32.2. The number of aliphatic carboxylic acids is 2. The molecule has 0 radical (unpaired) electrons. The quantitative estimate of drug-likeness (QED) is 0.123. The molecule has 0 saturated carbocycles. The minimum absolute atomic E-state index is 0.0489. The SMILES string of the molecule is C[C@H](O)[C@@H](NC(=O)N1CCN(S(C)(=O)=O)C1=O)C(=O)N[C@]1(C)C(=S)N2C(C(=O)O)=C(CSc3nnnn3CC(=O)O)CS[C@H]21. The summed E-state index contributed by atoms with van der Waals surface area (Å²) >= 11 is 7.85. The number of hydrogen-bond acceptors (Lipinski definition) is 14. The van der Waals surface area contributed by atoms with Crippen molar-refractivity contribution in [1.29, 1.82) is 0 Å². The van der Waals surface area contributed by atoms with E-state index >= 15 is 0 Å². The lowest BCUT2D eigenvalue weighted by atomic mass is 9.88. The summed E-state index contributed by atoms with van der Waals surface area (Å²) in [5, 5.41) is 44.6. The Morgan fingerprint density at radius 2 is 1.93 bits per heavy atom. The van der Waals surface area contributed by atoms with Crippen LogP contribution in [0.5, 0.6) is 0 Å². The van der Waals surface area contributed by atoms with Crippen molar-refractivity contribution in [3.8, 4) is 0 Å². The minimum Gasteiger partial charge on any atom is -0.480 e. The molecule has 1 aromatic heterocycles. The first-order valence-corrected chi connectivity index (χ1v) is 16.9. The number of tetrazole rings is 1. The van der Waals surface area contributed by atoms with Crippen LogP contribution in [0.4, 0.5) is 9.59 Å². The van der Waals surface area contributed by atoms with Crippen LogP contribution in [0.3, 0.4) is 0 Å². The van der Waals surface area contributed by atoms with Crippen LogP contribution in [0.2, 0.25) is 0 Å². The van der Waals surface area contributed by atoms with E-state index in [1.807, 2.05) is 0 Å². The molecule has 0 unspecified atom stereocenters. The van der Waals surface area contributed by atoms with Gasteiger partial charge in [-0.3, -0.25) is 9.59 Å². The van der Waals surface area contributed by atoms with Crippen molar-refractivity contribution < 1.29 is 47.7 Å². The Morgan fingerprint density at radius 1 is 1.25 bits per heavy atom. The monoisotopic (exact) mass is 693 g/mol. The number of nitrogens with zero attached hydrogens (tertiary/aromatic N) is 7. The van der Waals surface area contributed by atoms with Gasteiger partial charge in [-0.05, 0) is 29.8 Å². The van der Waals surface area contributed by atoms with Gasteiger partial charge in [-0.1, -0.05) is 24.0 Å². The molecule has 5 N–H and O–H groups in total. The van der Waals surface area contributed by atoms with E-state index in [4.69, 9.17) is 17.3 Å². The standard InChI is InChI=1S/C21H27N9O10S4/c1-9(31)12(22-18(37)27-4-5-29(20(27)38)44(3,39)40)14(34)23-21(2)16(41)30-13(15(35)36)10(7-42-17(21)30)8-43-19-24-25-26-28(19)6-11(32)33/h9,12,17,31H,4-8H2,1-3H3,(H,22,37)(H,23,34)(H,32,33)(H,35,36)/t9-,12+,17-,21+/m0/s1. The van der Waals surface area contributed by atoms with E-state index in [0.29, 0.717) is 14.8 Å². The Bertz CT molecular complexity index is 1560. The van der Waals surface area contributed by atoms with Gasteiger partial charge < -0.3 is 30.9 Å². The Labute approximate surface area is 263 Å². The molecule has 240 valence electrons. The average Bonchev–Trinajstić information content (AvgIpc) is 3.54. The zero-order chi connectivity index (χ0) is 32.7. The highest BCUT2D eigenvalue weighted by molar-refractivity contribution is 8.01. The lowest BCUT2D eigenvalue weighted by Gasteiger charge is -2.58. The minimum atomic E-state index is -3.92. The van der Waals surface area contributed by atoms with Gasteiger partial charge in [0.05, 0.1) is 25.4 Å². The second-order valence-electron chi connectivity index (χ2n) is 10.0. The molecule has 0 aliphatic carbocycles. The molecule has 0 spiro atoms. The molecule has 4 heterocycles. The number of thiocarbonyl (C=S) groups is 1. The molecule has 3 aliphatic heterocycles. The largest absolute Gasteiger partial charge is 0.480 e. The molecule has 44 heavy (non-hydrogen) atoms. The van der Waals surface area contributed by atoms with Gasteiger partial charge in [-0.25, -0.2) is 36.7 Å². The van der Waals surface area contributed by atoms with Gasteiger partial charge in [0.15, 0.2) is 0 Å². The van der Waals surface area contributed by atoms with Crippen LogP contribution in [0.15, 0.2) is 16.4 Å². The summed E-state index contributed by atoms with van der Waals surface area (Å²) in [6.45, 7) is 1.78. The topological polar surface area (TPSA) is 258 Å². The number of amides is 5. The first-order chi connectivity index (χ1) is 20.5. The van der Waals surface area contributed by atoms with Gasteiger partial charge in [-0.2, -0.15) is 0 Å². The Kier molecular flexibility index (Phi) is 9.44. The molecule has 5 amide bonds. The predicted octanol–water partition coefficient (Wildman–Crippen LogP) is -2.06. The van der Waals surface area contributed by atoms with Gasteiger partial charge >= 0.3 is 24.0 Å². The summed E-state index contributed by atoms with van der Waals surface area (Å²) in [6.07, 6.45) is -0.641. The summed E-state index contributed by atoms with van der Waals surface area (Å²) < 4.78 is 25.1. The van der Waals surface area contributed by atoms with Crippen molar-refractivity contribution in [1.82, 2.24) is 44.9 Å². The summed E-state index contributed by atoms with van der Waals surface area (Å²) in [6, 6.07) is -3.77. The maximum atomic E-state index is 13.3. The van der Waals surface area contributed by atoms with E-state index in [9.17, 15) is 42.6 Å². The molecule has 3 aliphatic rings. The summed E-state index contributed by atoms with van der Waals surface area (Å²) in [7, 11) is -3.92. The van der Waals surface area contributed by atoms with Crippen LogP contribution in [-0.4, -0.2) is 147 Å². The van der Waals surface area contributed by atoms with Crippen molar-refractivity contribution >= 4 is 80.7 Å². The number of fused-ring (bicyclic) bond motifs is 1. The van der Waals surface area contributed by atoms with Gasteiger partial charge in [0.25, 0.3) is 0 Å². The van der Waals surface area contributed by atoms with E-state index in [2.05, 4.69) is 26.2 Å². The number of carboxylic acid groups (broad SMARTS) is 2. The number of nitrogens with one attached hydrogen (secondary N) is 2. The first-order valence-electron chi connectivity index (χ1n) is 12.6. The Morgan fingerprint density at radius 3 is 2.50 bits per heavy atom. The van der Waals surface area contributed by atoms with Crippen LogP contribution in [0.1, 0.15) is 13.8 Å². The van der Waals surface area contributed by atoms with E-state index in [1.54, 1.807) is 6.92 Å². The van der Waals surface area contributed by atoms with E-state index in [-0.39, 0.29) is 40.4 Å². The fourth-order valence-corrected chi connectivity index (χ4v) is 8.43. The molecular formula is C21H27N9O10S4. The number of carboxylic acids is 2. The van der Waals surface area contributed by atoms with Gasteiger partial charge in [0.1, 0.15) is 34.2 Å². The average molecular weight is 694 g/mol.